The lowest BCUT2D eigenvalue weighted by atomic mass is 10.1. The minimum Gasteiger partial charge on any atom is -0.352 e. The zero-order chi connectivity index (χ0) is 27.6. The Bertz CT molecular complexity index is 1300. The molecule has 1 N–H and O–H groups in total. The number of amides is 2. The van der Waals surface area contributed by atoms with Gasteiger partial charge in [0.15, 0.2) is 0 Å². The van der Waals surface area contributed by atoms with Gasteiger partial charge in [-0.05, 0) is 92.9 Å². The van der Waals surface area contributed by atoms with Gasteiger partial charge in [0.25, 0.3) is 11.8 Å². The Kier molecular flexibility index (Phi) is 10.4. The van der Waals surface area contributed by atoms with E-state index in [9.17, 15) is 9.59 Å². The number of fused-ring (bicyclic) bond motifs is 1. The highest BCUT2D eigenvalue weighted by molar-refractivity contribution is 8.04. The maximum atomic E-state index is 13.6. The molecule has 0 radical (unpaired) electrons. The molecule has 1 aliphatic rings. The van der Waals surface area contributed by atoms with Crippen molar-refractivity contribution in [2.24, 2.45) is 0 Å². The van der Waals surface area contributed by atoms with Gasteiger partial charge in [-0.15, -0.1) is 0 Å². The minimum absolute atomic E-state index is 0.0102. The van der Waals surface area contributed by atoms with Gasteiger partial charge in [0.1, 0.15) is 0 Å². The molecule has 1 heterocycles. The van der Waals surface area contributed by atoms with Gasteiger partial charge in [0, 0.05) is 17.0 Å². The number of para-hydroxylation sites is 1. The molecule has 0 unspecified atom stereocenters. The van der Waals surface area contributed by atoms with E-state index < -0.39 is 0 Å². The van der Waals surface area contributed by atoms with Gasteiger partial charge in [-0.25, -0.2) is 0 Å². The standard InChI is InChI=1S/C33H39N3O2S/c1-4-20-35(21-5-2)22-10-19-34-32(37)27-17-15-26(16-18-27)23-31-33(38)36(24-28-12-7-6-11-25(28)3)29-13-8-9-14-30(29)39-31/h6-9,11-18,23H,4-5,10,19-22,24H2,1-3H3,(H,34,37)/b31-23+. The molecular weight excluding hydrogens is 502 g/mol. The van der Waals surface area contributed by atoms with Crippen molar-refractivity contribution in [3.63, 3.8) is 0 Å². The van der Waals surface area contributed by atoms with Crippen LogP contribution in [-0.4, -0.2) is 42.9 Å². The van der Waals surface area contributed by atoms with Crippen molar-refractivity contribution in [1.29, 1.82) is 0 Å². The third-order valence-electron chi connectivity index (χ3n) is 6.91. The molecule has 0 aliphatic carbocycles. The molecule has 0 fully saturated rings. The summed E-state index contributed by atoms with van der Waals surface area (Å²) in [4.78, 5) is 32.4. The highest BCUT2D eigenvalue weighted by Gasteiger charge is 2.29. The van der Waals surface area contributed by atoms with Crippen LogP contribution in [0.25, 0.3) is 6.08 Å². The van der Waals surface area contributed by atoms with Crippen molar-refractivity contribution in [1.82, 2.24) is 10.2 Å². The van der Waals surface area contributed by atoms with E-state index in [1.54, 1.807) is 0 Å². The summed E-state index contributed by atoms with van der Waals surface area (Å²) in [6, 6.07) is 23.7. The number of carbonyl (C=O) groups excluding carboxylic acids is 2. The van der Waals surface area contributed by atoms with Crippen LogP contribution in [0.3, 0.4) is 0 Å². The molecule has 0 saturated carbocycles. The molecule has 0 saturated heterocycles. The van der Waals surface area contributed by atoms with E-state index in [1.807, 2.05) is 65.6 Å². The first-order valence-corrected chi connectivity index (χ1v) is 14.8. The number of hydrogen-bond donors (Lipinski definition) is 1. The summed E-state index contributed by atoms with van der Waals surface area (Å²) >= 11 is 1.50. The highest BCUT2D eigenvalue weighted by atomic mass is 32.2. The number of nitrogens with zero attached hydrogens (tertiary/aromatic N) is 2. The number of carbonyl (C=O) groups is 2. The molecule has 2 amide bonds. The average Bonchev–Trinajstić information content (AvgIpc) is 2.95. The summed E-state index contributed by atoms with van der Waals surface area (Å²) in [5.74, 6) is -0.0721. The third-order valence-corrected chi connectivity index (χ3v) is 7.99. The largest absolute Gasteiger partial charge is 0.352 e. The molecule has 0 bridgehead atoms. The number of aryl methyl sites for hydroxylation is 1. The first-order chi connectivity index (χ1) is 19.0. The molecule has 0 aromatic heterocycles. The summed E-state index contributed by atoms with van der Waals surface area (Å²) in [5.41, 5.74) is 4.76. The second-order valence-electron chi connectivity index (χ2n) is 9.97. The van der Waals surface area contributed by atoms with Gasteiger partial charge in [0.05, 0.1) is 17.1 Å². The van der Waals surface area contributed by atoms with E-state index in [0.717, 1.165) is 60.6 Å². The van der Waals surface area contributed by atoms with Crippen molar-refractivity contribution in [3.8, 4) is 0 Å². The molecule has 6 heteroatoms. The first-order valence-electron chi connectivity index (χ1n) is 14.0. The van der Waals surface area contributed by atoms with Crippen LogP contribution < -0.4 is 10.2 Å². The molecule has 0 atom stereocenters. The first kappa shape index (κ1) is 28.7. The maximum absolute atomic E-state index is 13.6. The molecule has 4 rings (SSSR count). The minimum atomic E-state index is -0.0619. The maximum Gasteiger partial charge on any atom is 0.265 e. The van der Waals surface area contributed by atoms with Crippen molar-refractivity contribution in [3.05, 3.63) is 100.0 Å². The number of benzene rings is 3. The Hall–Kier alpha value is -3.35. The SMILES string of the molecule is CCCN(CCC)CCCNC(=O)c1ccc(/C=C2/Sc3ccccc3N(Cc3ccccc3C)C2=O)cc1. The lowest BCUT2D eigenvalue weighted by Gasteiger charge is -2.31. The number of hydrogen-bond acceptors (Lipinski definition) is 4. The highest BCUT2D eigenvalue weighted by Crippen LogP contribution is 2.42. The molecule has 3 aromatic rings. The van der Waals surface area contributed by atoms with E-state index in [4.69, 9.17) is 0 Å². The van der Waals surface area contributed by atoms with Gasteiger partial charge < -0.3 is 15.1 Å². The summed E-state index contributed by atoms with van der Waals surface area (Å²) in [5, 5.41) is 3.04. The van der Waals surface area contributed by atoms with Gasteiger partial charge in [0.2, 0.25) is 0 Å². The van der Waals surface area contributed by atoms with Gasteiger partial charge in [-0.3, -0.25) is 9.59 Å². The van der Waals surface area contributed by atoms with Gasteiger partial charge in [-0.1, -0.05) is 74.1 Å². The normalized spacial score (nSPS) is 14.1. The molecule has 39 heavy (non-hydrogen) atoms. The second-order valence-corrected chi connectivity index (χ2v) is 11.1. The van der Waals surface area contributed by atoms with Crippen LogP contribution in [0.4, 0.5) is 5.69 Å². The Morgan fingerprint density at radius 2 is 1.62 bits per heavy atom. The number of anilines is 1. The Morgan fingerprint density at radius 3 is 2.33 bits per heavy atom. The monoisotopic (exact) mass is 541 g/mol. The molecule has 3 aromatic carbocycles. The fourth-order valence-electron chi connectivity index (χ4n) is 4.83. The molecule has 204 valence electrons. The summed E-state index contributed by atoms with van der Waals surface area (Å²) in [7, 11) is 0. The topological polar surface area (TPSA) is 52.7 Å². The lowest BCUT2D eigenvalue weighted by Crippen LogP contribution is -2.33. The molecule has 5 nitrogen and oxygen atoms in total. The lowest BCUT2D eigenvalue weighted by molar-refractivity contribution is -0.114. The van der Waals surface area contributed by atoms with Crippen LogP contribution >= 0.6 is 11.8 Å². The Labute approximate surface area is 237 Å². The summed E-state index contributed by atoms with van der Waals surface area (Å²) in [6.07, 6.45) is 5.16. The Balaban J connectivity index is 1.42. The van der Waals surface area contributed by atoms with Crippen molar-refractivity contribution >= 4 is 35.3 Å². The predicted molar refractivity (Wildman–Crippen MR) is 163 cm³/mol. The third kappa shape index (κ3) is 7.61. The van der Waals surface area contributed by atoms with E-state index in [0.29, 0.717) is 23.6 Å². The fraction of sp³-hybridized carbons (Fsp3) is 0.333. The average molecular weight is 542 g/mol. The molecule has 1 aliphatic heterocycles. The van der Waals surface area contributed by atoms with Crippen molar-refractivity contribution in [2.45, 2.75) is 51.5 Å². The predicted octanol–water partition coefficient (Wildman–Crippen LogP) is 6.92. The number of rotatable bonds is 12. The summed E-state index contributed by atoms with van der Waals surface area (Å²) in [6.45, 7) is 10.9. The molecule has 0 spiro atoms. The zero-order valence-electron chi connectivity index (χ0n) is 23.3. The smallest absolute Gasteiger partial charge is 0.265 e. The van der Waals surface area contributed by atoms with Crippen LogP contribution in [0.2, 0.25) is 0 Å². The molecular formula is C33H39N3O2S. The number of thioether (sulfide) groups is 1. The Morgan fingerprint density at radius 1 is 0.923 bits per heavy atom. The second kappa shape index (κ2) is 14.2. The zero-order valence-corrected chi connectivity index (χ0v) is 24.1. The van der Waals surface area contributed by atoms with Crippen LogP contribution in [0.1, 0.15) is 60.2 Å². The van der Waals surface area contributed by atoms with Crippen LogP contribution in [0.15, 0.2) is 82.6 Å². The van der Waals surface area contributed by atoms with Crippen LogP contribution in [-0.2, 0) is 11.3 Å². The quantitative estimate of drug-likeness (QED) is 0.200. The summed E-state index contributed by atoms with van der Waals surface area (Å²) < 4.78 is 0. The fourth-order valence-corrected chi connectivity index (χ4v) is 5.89. The van der Waals surface area contributed by atoms with E-state index in [-0.39, 0.29) is 11.8 Å². The van der Waals surface area contributed by atoms with Crippen molar-refractivity contribution < 1.29 is 9.59 Å². The van der Waals surface area contributed by atoms with Crippen molar-refractivity contribution in [2.75, 3.05) is 31.1 Å². The van der Waals surface area contributed by atoms with Crippen LogP contribution in [0, 0.1) is 6.92 Å². The van der Waals surface area contributed by atoms with Crippen LogP contribution in [0.5, 0.6) is 0 Å². The van der Waals surface area contributed by atoms with E-state index in [2.05, 4.69) is 49.2 Å². The van der Waals surface area contributed by atoms with E-state index in [1.165, 1.54) is 17.3 Å². The van der Waals surface area contributed by atoms with Gasteiger partial charge in [-0.2, -0.15) is 0 Å². The van der Waals surface area contributed by atoms with E-state index >= 15 is 0 Å². The van der Waals surface area contributed by atoms with Gasteiger partial charge >= 0.3 is 0 Å². The number of nitrogens with one attached hydrogen (secondary N) is 1.